The van der Waals surface area contributed by atoms with E-state index in [2.05, 4.69) is 15.0 Å². The molecular weight excluding hydrogens is 403 g/mol. The molecule has 1 unspecified atom stereocenters. The lowest BCUT2D eigenvalue weighted by Gasteiger charge is -2.35. The summed E-state index contributed by atoms with van der Waals surface area (Å²) < 4.78 is 41.5. The van der Waals surface area contributed by atoms with Gasteiger partial charge >= 0.3 is 6.36 Å². The number of halogens is 4. The molecule has 4 rings (SSSR count). The van der Waals surface area contributed by atoms with Gasteiger partial charge in [0.2, 0.25) is 0 Å². The van der Waals surface area contributed by atoms with Crippen LogP contribution >= 0.6 is 11.6 Å². The highest BCUT2D eigenvalue weighted by Gasteiger charge is 2.31. The molecule has 29 heavy (non-hydrogen) atoms. The zero-order valence-corrected chi connectivity index (χ0v) is 16.2. The number of benzene rings is 2. The molecule has 1 fully saturated rings. The Morgan fingerprint density at radius 2 is 1.72 bits per heavy atom. The maximum atomic E-state index is 12.5. The second kappa shape index (κ2) is 8.18. The highest BCUT2D eigenvalue weighted by atomic mass is 35.5. The summed E-state index contributed by atoms with van der Waals surface area (Å²) in [5.41, 5.74) is 2.36. The standard InChI is InChI=1S/C21H19ClF3N3O/c22-17-3-1-2-14-6-9-18(27-19(14)17)20(28-12-10-26-11-13-28)15-4-7-16(8-5-15)29-21(23,24)25/h1-9,20,26H,10-13H2. The van der Waals surface area contributed by atoms with Gasteiger partial charge in [-0.3, -0.25) is 4.90 Å². The van der Waals surface area contributed by atoms with Crippen molar-refractivity contribution in [3.05, 3.63) is 70.9 Å². The highest BCUT2D eigenvalue weighted by molar-refractivity contribution is 6.35. The molecule has 0 bridgehead atoms. The first-order valence-corrected chi connectivity index (χ1v) is 9.64. The molecule has 0 spiro atoms. The third kappa shape index (κ3) is 4.63. The Bertz CT molecular complexity index is 989. The summed E-state index contributed by atoms with van der Waals surface area (Å²) in [6.45, 7) is 3.27. The van der Waals surface area contributed by atoms with Crippen LogP contribution in [0.5, 0.6) is 5.75 Å². The van der Waals surface area contributed by atoms with Gasteiger partial charge in [0.05, 0.1) is 22.3 Å². The van der Waals surface area contributed by atoms with E-state index in [0.29, 0.717) is 10.5 Å². The Morgan fingerprint density at radius 3 is 2.41 bits per heavy atom. The summed E-state index contributed by atoms with van der Waals surface area (Å²) in [6.07, 6.45) is -4.71. The van der Waals surface area contributed by atoms with Gasteiger partial charge in [0.25, 0.3) is 0 Å². The molecule has 152 valence electrons. The largest absolute Gasteiger partial charge is 0.573 e. The summed E-state index contributed by atoms with van der Waals surface area (Å²) >= 11 is 6.34. The van der Waals surface area contributed by atoms with Crippen molar-refractivity contribution in [1.82, 2.24) is 15.2 Å². The highest BCUT2D eigenvalue weighted by Crippen LogP contribution is 2.32. The van der Waals surface area contributed by atoms with Crippen molar-refractivity contribution in [2.45, 2.75) is 12.4 Å². The molecule has 8 heteroatoms. The molecule has 0 radical (unpaired) electrons. The van der Waals surface area contributed by atoms with Crippen molar-refractivity contribution < 1.29 is 17.9 Å². The summed E-state index contributed by atoms with van der Waals surface area (Å²) in [7, 11) is 0. The van der Waals surface area contributed by atoms with Crippen LogP contribution in [0.1, 0.15) is 17.3 Å². The second-order valence-electron chi connectivity index (χ2n) is 6.85. The fourth-order valence-electron chi connectivity index (χ4n) is 3.64. The number of rotatable bonds is 4. The van der Waals surface area contributed by atoms with Gasteiger partial charge in [-0.1, -0.05) is 41.9 Å². The second-order valence-corrected chi connectivity index (χ2v) is 7.26. The number of hydrogen-bond donors (Lipinski definition) is 1. The van der Waals surface area contributed by atoms with Gasteiger partial charge < -0.3 is 10.1 Å². The Kier molecular flexibility index (Phi) is 5.63. The van der Waals surface area contributed by atoms with Crippen LogP contribution in [0, 0.1) is 0 Å². The molecular formula is C21H19ClF3N3O. The van der Waals surface area contributed by atoms with Crippen LogP contribution < -0.4 is 10.1 Å². The average molecular weight is 422 g/mol. The van der Waals surface area contributed by atoms with Crippen LogP contribution in [0.2, 0.25) is 5.02 Å². The van der Waals surface area contributed by atoms with E-state index in [1.54, 1.807) is 18.2 Å². The minimum atomic E-state index is -4.71. The molecule has 2 aromatic carbocycles. The maximum Gasteiger partial charge on any atom is 0.573 e. The number of pyridine rings is 1. The third-order valence-electron chi connectivity index (χ3n) is 4.92. The van der Waals surface area contributed by atoms with Crippen molar-refractivity contribution in [2.24, 2.45) is 0 Å². The van der Waals surface area contributed by atoms with Crippen LogP contribution in [0.15, 0.2) is 54.6 Å². The summed E-state index contributed by atoms with van der Waals surface area (Å²) in [5.74, 6) is -0.241. The van der Waals surface area contributed by atoms with E-state index >= 15 is 0 Å². The lowest BCUT2D eigenvalue weighted by atomic mass is 9.99. The minimum absolute atomic E-state index is 0.197. The lowest BCUT2D eigenvalue weighted by molar-refractivity contribution is -0.274. The van der Waals surface area contributed by atoms with Gasteiger partial charge in [-0.2, -0.15) is 0 Å². The van der Waals surface area contributed by atoms with Crippen molar-refractivity contribution >= 4 is 22.5 Å². The van der Waals surface area contributed by atoms with Crippen LogP contribution in [0.4, 0.5) is 13.2 Å². The van der Waals surface area contributed by atoms with Crippen LogP contribution in [-0.2, 0) is 0 Å². The van der Waals surface area contributed by atoms with E-state index in [1.807, 2.05) is 24.3 Å². The lowest BCUT2D eigenvalue weighted by Crippen LogP contribution is -2.45. The number of para-hydroxylation sites is 1. The number of piperazine rings is 1. The topological polar surface area (TPSA) is 37.4 Å². The first kappa shape index (κ1) is 19.9. The number of hydrogen-bond acceptors (Lipinski definition) is 4. The molecule has 1 N–H and O–H groups in total. The third-order valence-corrected chi connectivity index (χ3v) is 5.22. The summed E-state index contributed by atoms with van der Waals surface area (Å²) in [6, 6.07) is 15.3. The van der Waals surface area contributed by atoms with E-state index in [4.69, 9.17) is 16.6 Å². The molecule has 0 saturated carbocycles. The van der Waals surface area contributed by atoms with E-state index in [1.165, 1.54) is 12.1 Å². The van der Waals surface area contributed by atoms with E-state index in [-0.39, 0.29) is 11.8 Å². The first-order valence-electron chi connectivity index (χ1n) is 9.26. The molecule has 2 heterocycles. The summed E-state index contributed by atoms with van der Waals surface area (Å²) in [4.78, 5) is 7.07. The Labute approximate surface area is 171 Å². The molecule has 0 aliphatic carbocycles. The van der Waals surface area contributed by atoms with Crippen molar-refractivity contribution in [1.29, 1.82) is 0 Å². The molecule has 3 aromatic rings. The van der Waals surface area contributed by atoms with Gasteiger partial charge in [0.15, 0.2) is 0 Å². The SMILES string of the molecule is FC(F)(F)Oc1ccc(C(c2ccc3cccc(Cl)c3n2)N2CCNCC2)cc1. The molecule has 1 aliphatic rings. The van der Waals surface area contributed by atoms with E-state index in [0.717, 1.165) is 42.8 Å². The molecule has 0 amide bonds. The Balaban J connectivity index is 1.73. The number of alkyl halides is 3. The first-order chi connectivity index (χ1) is 13.9. The van der Waals surface area contributed by atoms with Gasteiger partial charge in [-0.25, -0.2) is 4.98 Å². The van der Waals surface area contributed by atoms with Gasteiger partial charge in [-0.15, -0.1) is 13.2 Å². The molecule has 4 nitrogen and oxygen atoms in total. The Hall–Kier alpha value is -2.35. The predicted molar refractivity (Wildman–Crippen MR) is 106 cm³/mol. The van der Waals surface area contributed by atoms with Gasteiger partial charge in [0, 0.05) is 31.6 Å². The monoisotopic (exact) mass is 421 g/mol. The van der Waals surface area contributed by atoms with Crippen LogP contribution in [0.25, 0.3) is 10.9 Å². The molecule has 1 aromatic heterocycles. The number of nitrogens with zero attached hydrogens (tertiary/aromatic N) is 2. The quantitative estimate of drug-likeness (QED) is 0.657. The van der Waals surface area contributed by atoms with Gasteiger partial charge in [0.1, 0.15) is 5.75 Å². The van der Waals surface area contributed by atoms with Crippen LogP contribution in [-0.4, -0.2) is 42.4 Å². The smallest absolute Gasteiger partial charge is 0.406 e. The maximum absolute atomic E-state index is 12.5. The van der Waals surface area contributed by atoms with Crippen molar-refractivity contribution in [2.75, 3.05) is 26.2 Å². The molecule has 1 saturated heterocycles. The minimum Gasteiger partial charge on any atom is -0.406 e. The fourth-order valence-corrected chi connectivity index (χ4v) is 3.86. The van der Waals surface area contributed by atoms with Crippen molar-refractivity contribution in [3.63, 3.8) is 0 Å². The number of ether oxygens (including phenoxy) is 1. The zero-order chi connectivity index (χ0) is 20.4. The predicted octanol–water partition coefficient (Wildman–Crippen LogP) is 4.78. The van der Waals surface area contributed by atoms with Crippen LogP contribution in [0.3, 0.4) is 0 Å². The molecule has 1 atom stereocenters. The normalized spacial score (nSPS) is 16.7. The van der Waals surface area contributed by atoms with Crippen molar-refractivity contribution in [3.8, 4) is 5.75 Å². The van der Waals surface area contributed by atoms with Gasteiger partial charge in [-0.05, 0) is 29.8 Å². The van der Waals surface area contributed by atoms with E-state index in [9.17, 15) is 13.2 Å². The molecule has 1 aliphatic heterocycles. The average Bonchev–Trinajstić information content (AvgIpc) is 2.70. The number of fused-ring (bicyclic) bond motifs is 1. The summed E-state index contributed by atoms with van der Waals surface area (Å²) in [5, 5.41) is 4.82. The zero-order valence-electron chi connectivity index (χ0n) is 15.4. The fraction of sp³-hybridized carbons (Fsp3) is 0.286. The van der Waals surface area contributed by atoms with E-state index < -0.39 is 6.36 Å². The Morgan fingerprint density at radius 1 is 1.00 bits per heavy atom. The number of nitrogens with one attached hydrogen (secondary N) is 1. The number of aromatic nitrogens is 1.